The summed E-state index contributed by atoms with van der Waals surface area (Å²) in [5, 5.41) is 1.30. The van der Waals surface area contributed by atoms with Crippen molar-refractivity contribution in [3.63, 3.8) is 0 Å². The van der Waals surface area contributed by atoms with Crippen molar-refractivity contribution in [3.05, 3.63) is 16.3 Å². The van der Waals surface area contributed by atoms with Crippen molar-refractivity contribution in [2.75, 3.05) is 7.11 Å². The molecule has 0 fully saturated rings. The van der Waals surface area contributed by atoms with Crippen molar-refractivity contribution < 1.29 is 21.8 Å². The second-order valence-corrected chi connectivity index (χ2v) is 4.28. The Hall–Kier alpha value is -0.950. The summed E-state index contributed by atoms with van der Waals surface area (Å²) in [4.78, 5) is 10.0. The number of carbonyl (C=O) groups excluding carboxylic acids is 1. The fourth-order valence-electron chi connectivity index (χ4n) is 0.731. The molecule has 0 aliphatic carbocycles. The number of carbonyl (C=O) groups is 1. The summed E-state index contributed by atoms with van der Waals surface area (Å²) in [6, 6.07) is 1.02. The van der Waals surface area contributed by atoms with Crippen LogP contribution in [0, 0.1) is 0 Å². The number of rotatable bonds is 2. The van der Waals surface area contributed by atoms with Crippen molar-refractivity contribution in [3.8, 4) is 0 Å². The first kappa shape index (κ1) is 10.1. The highest BCUT2D eigenvalue weighted by Crippen LogP contribution is 2.24. The molecule has 0 saturated heterocycles. The first-order chi connectivity index (χ1) is 5.96. The molecule has 1 aromatic rings. The van der Waals surface area contributed by atoms with Crippen molar-refractivity contribution >= 4 is 27.5 Å². The molecule has 0 amide bonds. The van der Waals surface area contributed by atoms with Crippen LogP contribution in [0.4, 0.5) is 3.89 Å². The van der Waals surface area contributed by atoms with Crippen molar-refractivity contribution in [2.45, 2.75) is 4.90 Å². The summed E-state index contributed by atoms with van der Waals surface area (Å²) in [5.41, 5.74) is 0. The highest BCUT2D eigenvalue weighted by molar-refractivity contribution is 7.86. The van der Waals surface area contributed by atoms with Gasteiger partial charge in [-0.05, 0) is 11.4 Å². The number of halogens is 1. The first-order valence-corrected chi connectivity index (χ1v) is 5.33. The van der Waals surface area contributed by atoms with Crippen LogP contribution in [0.2, 0.25) is 0 Å². The van der Waals surface area contributed by atoms with E-state index >= 15 is 0 Å². The van der Waals surface area contributed by atoms with Crippen LogP contribution in [0.15, 0.2) is 16.3 Å². The fraction of sp³-hybridized carbons (Fsp3) is 0.167. The van der Waals surface area contributed by atoms with Gasteiger partial charge in [0.1, 0.15) is 9.77 Å². The molecule has 0 saturated carbocycles. The molecule has 0 aliphatic rings. The third-order valence-corrected chi connectivity index (χ3v) is 3.15. The van der Waals surface area contributed by atoms with Gasteiger partial charge in [0.2, 0.25) is 0 Å². The van der Waals surface area contributed by atoms with Gasteiger partial charge in [-0.25, -0.2) is 4.79 Å². The van der Waals surface area contributed by atoms with Crippen LogP contribution in [0.5, 0.6) is 0 Å². The topological polar surface area (TPSA) is 60.4 Å². The standard InChI is InChI=1S/C6H5FO4S2/c1-11-6(8)5-4(2-3-12-5)13(7,9)10/h2-3H,1H3. The van der Waals surface area contributed by atoms with Crippen LogP contribution < -0.4 is 0 Å². The molecule has 0 bridgehead atoms. The lowest BCUT2D eigenvalue weighted by Gasteiger charge is -1.96. The predicted molar refractivity (Wildman–Crippen MR) is 44.0 cm³/mol. The third kappa shape index (κ3) is 2.04. The van der Waals surface area contributed by atoms with Gasteiger partial charge in [-0.3, -0.25) is 0 Å². The molecule has 1 heterocycles. The maximum Gasteiger partial charge on any atom is 0.349 e. The van der Waals surface area contributed by atoms with E-state index in [0.717, 1.165) is 24.5 Å². The molecule has 1 rings (SSSR count). The maximum atomic E-state index is 12.5. The Labute approximate surface area is 78.2 Å². The molecule has 13 heavy (non-hydrogen) atoms. The van der Waals surface area contributed by atoms with E-state index in [0.29, 0.717) is 0 Å². The van der Waals surface area contributed by atoms with Gasteiger partial charge in [0.05, 0.1) is 7.11 Å². The number of ether oxygens (including phenoxy) is 1. The zero-order valence-corrected chi connectivity index (χ0v) is 8.12. The zero-order chi connectivity index (χ0) is 10.1. The van der Waals surface area contributed by atoms with E-state index in [4.69, 9.17) is 0 Å². The lowest BCUT2D eigenvalue weighted by molar-refractivity contribution is 0.0602. The van der Waals surface area contributed by atoms with Gasteiger partial charge < -0.3 is 4.74 Å². The van der Waals surface area contributed by atoms with Gasteiger partial charge >= 0.3 is 16.2 Å². The first-order valence-electron chi connectivity index (χ1n) is 3.07. The van der Waals surface area contributed by atoms with Gasteiger partial charge in [-0.15, -0.1) is 15.2 Å². The summed E-state index contributed by atoms with van der Waals surface area (Å²) in [6.07, 6.45) is 0. The van der Waals surface area contributed by atoms with Crippen molar-refractivity contribution in [1.82, 2.24) is 0 Å². The Bertz CT molecular complexity index is 420. The van der Waals surface area contributed by atoms with E-state index in [1.807, 2.05) is 0 Å². The van der Waals surface area contributed by atoms with Crippen LogP contribution in [-0.4, -0.2) is 21.5 Å². The van der Waals surface area contributed by atoms with Crippen LogP contribution in [-0.2, 0) is 15.0 Å². The van der Waals surface area contributed by atoms with Gasteiger partial charge in [-0.2, -0.15) is 8.42 Å². The lowest BCUT2D eigenvalue weighted by Crippen LogP contribution is -2.03. The van der Waals surface area contributed by atoms with Crippen molar-refractivity contribution in [2.24, 2.45) is 0 Å². The molecule has 0 aliphatic heterocycles. The molecule has 0 atom stereocenters. The van der Waals surface area contributed by atoms with E-state index < -0.39 is 21.1 Å². The van der Waals surface area contributed by atoms with Gasteiger partial charge in [-0.1, -0.05) is 0 Å². The van der Waals surface area contributed by atoms with Crippen LogP contribution in [0.25, 0.3) is 0 Å². The van der Waals surface area contributed by atoms with E-state index in [1.165, 1.54) is 5.38 Å². The van der Waals surface area contributed by atoms with E-state index in [1.54, 1.807) is 0 Å². The Kier molecular flexibility index (Phi) is 2.67. The number of hydrogen-bond donors (Lipinski definition) is 0. The van der Waals surface area contributed by atoms with E-state index in [9.17, 15) is 17.1 Å². The number of methoxy groups -OCH3 is 1. The zero-order valence-electron chi connectivity index (χ0n) is 6.48. The molecule has 72 valence electrons. The lowest BCUT2D eigenvalue weighted by atomic mass is 10.5. The summed E-state index contributed by atoms with van der Waals surface area (Å²) in [5.74, 6) is -0.855. The Balaban J connectivity index is 3.26. The molecule has 0 radical (unpaired) electrons. The molecule has 1 aromatic heterocycles. The Morgan fingerprint density at radius 2 is 2.23 bits per heavy atom. The van der Waals surface area contributed by atoms with Crippen molar-refractivity contribution in [1.29, 1.82) is 0 Å². The number of esters is 1. The van der Waals surface area contributed by atoms with E-state index in [-0.39, 0.29) is 4.88 Å². The normalized spacial score (nSPS) is 11.2. The highest BCUT2D eigenvalue weighted by atomic mass is 32.3. The van der Waals surface area contributed by atoms with E-state index in [2.05, 4.69) is 4.74 Å². The molecule has 0 unspecified atom stereocenters. The summed E-state index contributed by atoms with van der Waals surface area (Å²) >= 11 is 0.815. The third-order valence-electron chi connectivity index (χ3n) is 1.26. The average Bonchev–Trinajstić information content (AvgIpc) is 2.49. The number of thiophene rings is 1. The van der Waals surface area contributed by atoms with Gasteiger partial charge in [0.25, 0.3) is 0 Å². The minimum absolute atomic E-state index is 0.245. The molecule has 0 aromatic carbocycles. The van der Waals surface area contributed by atoms with Gasteiger partial charge in [0.15, 0.2) is 0 Å². The molecule has 4 nitrogen and oxygen atoms in total. The smallest absolute Gasteiger partial charge is 0.349 e. The van der Waals surface area contributed by atoms with Crippen LogP contribution in [0.3, 0.4) is 0 Å². The summed E-state index contributed by atoms with van der Waals surface area (Å²) in [7, 11) is -3.74. The van der Waals surface area contributed by atoms with Crippen LogP contribution >= 0.6 is 11.3 Å². The SMILES string of the molecule is COC(=O)c1sccc1S(=O)(=O)F. The Morgan fingerprint density at radius 1 is 1.62 bits per heavy atom. The molecule has 7 heteroatoms. The Morgan fingerprint density at radius 3 is 2.69 bits per heavy atom. The fourth-order valence-corrected chi connectivity index (χ4v) is 2.50. The minimum atomic E-state index is -4.84. The molecular formula is C6H5FO4S2. The maximum absolute atomic E-state index is 12.5. The quantitative estimate of drug-likeness (QED) is 0.559. The average molecular weight is 224 g/mol. The molecule has 0 spiro atoms. The summed E-state index contributed by atoms with van der Waals surface area (Å²) < 4.78 is 37.7. The van der Waals surface area contributed by atoms with Gasteiger partial charge in [0, 0.05) is 0 Å². The minimum Gasteiger partial charge on any atom is -0.465 e. The number of hydrogen-bond acceptors (Lipinski definition) is 5. The van der Waals surface area contributed by atoms with Crippen LogP contribution in [0.1, 0.15) is 9.67 Å². The molecule has 0 N–H and O–H groups in total. The highest BCUT2D eigenvalue weighted by Gasteiger charge is 2.23. The summed E-state index contributed by atoms with van der Waals surface area (Å²) in [6.45, 7) is 0. The molecular weight excluding hydrogens is 219 g/mol. The second-order valence-electron chi connectivity index (χ2n) is 2.04. The largest absolute Gasteiger partial charge is 0.465 e. The monoisotopic (exact) mass is 224 g/mol. The predicted octanol–water partition coefficient (Wildman–Crippen LogP) is 1.19. The second kappa shape index (κ2) is 3.43.